The van der Waals surface area contributed by atoms with Gasteiger partial charge >= 0.3 is 6.09 Å². The summed E-state index contributed by atoms with van der Waals surface area (Å²) in [6.07, 6.45) is 0.338. The first kappa shape index (κ1) is 23.6. The van der Waals surface area contributed by atoms with E-state index in [2.05, 4.69) is 10.2 Å². The van der Waals surface area contributed by atoms with Crippen molar-refractivity contribution in [1.82, 2.24) is 15.3 Å². The third-order valence-corrected chi connectivity index (χ3v) is 5.31. The van der Waals surface area contributed by atoms with Crippen molar-refractivity contribution in [2.75, 3.05) is 38.3 Å². The van der Waals surface area contributed by atoms with Crippen molar-refractivity contribution in [3.8, 4) is 17.1 Å². The molecule has 1 fully saturated rings. The van der Waals surface area contributed by atoms with Gasteiger partial charge in [-0.3, -0.25) is 0 Å². The van der Waals surface area contributed by atoms with Crippen LogP contribution in [0.25, 0.3) is 22.3 Å². The van der Waals surface area contributed by atoms with Crippen LogP contribution in [-0.4, -0.2) is 60.6 Å². The Hall–Kier alpha value is -3.10. The molecule has 0 radical (unpaired) electrons. The predicted octanol–water partition coefficient (Wildman–Crippen LogP) is 3.68. The predicted molar refractivity (Wildman–Crippen MR) is 126 cm³/mol. The maximum absolute atomic E-state index is 12.0. The molecule has 0 aliphatic carbocycles. The zero-order chi connectivity index (χ0) is 21.8. The summed E-state index contributed by atoms with van der Waals surface area (Å²) in [5.41, 5.74) is 2.50. The third kappa shape index (κ3) is 5.20. The number of anilines is 1. The first-order chi connectivity index (χ1) is 15.0. The van der Waals surface area contributed by atoms with Gasteiger partial charge in [-0.15, -0.1) is 12.4 Å². The van der Waals surface area contributed by atoms with Crippen molar-refractivity contribution >= 4 is 35.2 Å². The maximum atomic E-state index is 12.0. The molecule has 1 aliphatic heterocycles. The zero-order valence-corrected chi connectivity index (χ0v) is 18.9. The van der Waals surface area contributed by atoms with Gasteiger partial charge in [0.1, 0.15) is 18.2 Å². The molecule has 2 heterocycles. The van der Waals surface area contributed by atoms with Crippen LogP contribution in [0.2, 0.25) is 0 Å². The highest BCUT2D eigenvalue weighted by atomic mass is 35.5. The van der Waals surface area contributed by atoms with E-state index < -0.39 is 6.09 Å². The summed E-state index contributed by atoms with van der Waals surface area (Å²) in [6.45, 7) is 3.96. The van der Waals surface area contributed by atoms with Crippen LogP contribution in [0.4, 0.5) is 10.6 Å². The van der Waals surface area contributed by atoms with Gasteiger partial charge < -0.3 is 24.8 Å². The zero-order valence-electron chi connectivity index (χ0n) is 18.1. The third-order valence-electron chi connectivity index (χ3n) is 5.31. The molecule has 0 spiro atoms. The van der Waals surface area contributed by atoms with E-state index in [-0.39, 0.29) is 30.8 Å². The SMILES string of the molecule is COCCOC(=O)NC1CCN(c2nc(-c3ccccc3O)nc3cc(C)ccc23)C1.Cl. The van der Waals surface area contributed by atoms with Gasteiger partial charge in [0.2, 0.25) is 0 Å². The van der Waals surface area contributed by atoms with Crippen molar-refractivity contribution < 1.29 is 19.4 Å². The molecule has 1 saturated heterocycles. The van der Waals surface area contributed by atoms with E-state index in [1.807, 2.05) is 31.2 Å². The molecule has 8 nitrogen and oxygen atoms in total. The van der Waals surface area contributed by atoms with Crippen molar-refractivity contribution in [2.45, 2.75) is 19.4 Å². The molecule has 1 atom stereocenters. The van der Waals surface area contributed by atoms with Crippen LogP contribution in [0.1, 0.15) is 12.0 Å². The number of aromatic nitrogens is 2. The van der Waals surface area contributed by atoms with Gasteiger partial charge in [0.15, 0.2) is 5.82 Å². The van der Waals surface area contributed by atoms with Gasteiger partial charge in [0, 0.05) is 25.6 Å². The van der Waals surface area contributed by atoms with Crippen LogP contribution >= 0.6 is 12.4 Å². The number of aryl methyl sites for hydroxylation is 1. The van der Waals surface area contributed by atoms with Gasteiger partial charge in [0.05, 0.1) is 23.7 Å². The highest BCUT2D eigenvalue weighted by molar-refractivity contribution is 5.92. The number of alkyl carbamates (subject to hydrolysis) is 1. The van der Waals surface area contributed by atoms with E-state index in [4.69, 9.17) is 19.4 Å². The lowest BCUT2D eigenvalue weighted by Crippen LogP contribution is -2.38. The van der Waals surface area contributed by atoms with Gasteiger partial charge in [-0.25, -0.2) is 14.8 Å². The van der Waals surface area contributed by atoms with Crippen LogP contribution in [0.5, 0.6) is 5.75 Å². The number of amides is 1. The van der Waals surface area contributed by atoms with E-state index in [1.54, 1.807) is 25.3 Å². The fraction of sp³-hybridized carbons (Fsp3) is 0.348. The number of aromatic hydroxyl groups is 1. The Bertz CT molecular complexity index is 1090. The topological polar surface area (TPSA) is 96.8 Å². The van der Waals surface area contributed by atoms with Crippen LogP contribution < -0.4 is 10.2 Å². The lowest BCUT2D eigenvalue weighted by atomic mass is 10.1. The molecule has 1 aromatic heterocycles. The number of nitrogens with one attached hydrogen (secondary N) is 1. The lowest BCUT2D eigenvalue weighted by Gasteiger charge is -2.21. The Balaban J connectivity index is 0.00000289. The molecule has 4 rings (SSSR count). The normalized spacial score (nSPS) is 15.4. The fourth-order valence-corrected chi connectivity index (χ4v) is 3.74. The molecule has 2 N–H and O–H groups in total. The minimum atomic E-state index is -0.443. The number of phenols is 1. The Morgan fingerprint density at radius 3 is 2.81 bits per heavy atom. The quantitative estimate of drug-likeness (QED) is 0.544. The number of carbonyl (C=O) groups excluding carboxylic acids is 1. The summed E-state index contributed by atoms with van der Waals surface area (Å²) in [7, 11) is 1.56. The monoisotopic (exact) mass is 458 g/mol. The first-order valence-corrected chi connectivity index (χ1v) is 10.3. The number of halogens is 1. The number of hydrogen-bond donors (Lipinski definition) is 2. The molecule has 3 aromatic rings. The number of nitrogens with zero attached hydrogens (tertiary/aromatic N) is 3. The van der Waals surface area contributed by atoms with Crippen molar-refractivity contribution in [1.29, 1.82) is 0 Å². The standard InChI is InChI=1S/C23H26N4O4.ClH/c1-15-7-8-17-19(13-15)25-21(18-5-3-4-6-20(18)28)26-22(17)27-10-9-16(14-27)24-23(29)31-12-11-30-2;/h3-8,13,16,28H,9-12,14H2,1-2H3,(H,24,29);1H. The average Bonchev–Trinajstić information content (AvgIpc) is 3.21. The van der Waals surface area contributed by atoms with E-state index >= 15 is 0 Å². The molecule has 1 aliphatic rings. The van der Waals surface area contributed by atoms with Gasteiger partial charge in [0.25, 0.3) is 0 Å². The summed E-state index contributed by atoms with van der Waals surface area (Å²) in [4.78, 5) is 23.6. The number of para-hydroxylation sites is 1. The Kier molecular flexibility index (Phi) is 7.71. The van der Waals surface area contributed by atoms with Crippen LogP contribution in [0, 0.1) is 6.92 Å². The molecule has 0 saturated carbocycles. The smallest absolute Gasteiger partial charge is 0.407 e. The molecular weight excluding hydrogens is 432 g/mol. The van der Waals surface area contributed by atoms with Crippen molar-refractivity contribution in [3.05, 3.63) is 48.0 Å². The van der Waals surface area contributed by atoms with Gasteiger partial charge in [-0.05, 0) is 43.2 Å². The number of methoxy groups -OCH3 is 1. The summed E-state index contributed by atoms with van der Waals surface area (Å²) >= 11 is 0. The summed E-state index contributed by atoms with van der Waals surface area (Å²) in [5, 5.41) is 14.2. The summed E-state index contributed by atoms with van der Waals surface area (Å²) in [5.74, 6) is 1.40. The molecule has 32 heavy (non-hydrogen) atoms. The molecule has 9 heteroatoms. The second-order valence-electron chi connectivity index (χ2n) is 7.61. The Labute approximate surface area is 193 Å². The Morgan fingerprint density at radius 2 is 2.03 bits per heavy atom. The molecule has 2 aromatic carbocycles. The van der Waals surface area contributed by atoms with Crippen LogP contribution in [0.3, 0.4) is 0 Å². The molecule has 170 valence electrons. The first-order valence-electron chi connectivity index (χ1n) is 10.3. The number of carbonyl (C=O) groups is 1. The van der Waals surface area contributed by atoms with Crippen molar-refractivity contribution in [2.24, 2.45) is 0 Å². The molecule has 1 unspecified atom stereocenters. The van der Waals surface area contributed by atoms with Gasteiger partial charge in [-0.1, -0.05) is 18.2 Å². The van der Waals surface area contributed by atoms with Gasteiger partial charge in [-0.2, -0.15) is 0 Å². The second-order valence-corrected chi connectivity index (χ2v) is 7.61. The van der Waals surface area contributed by atoms with Crippen molar-refractivity contribution in [3.63, 3.8) is 0 Å². The number of hydrogen-bond acceptors (Lipinski definition) is 7. The number of fused-ring (bicyclic) bond motifs is 1. The minimum Gasteiger partial charge on any atom is -0.507 e. The van der Waals surface area contributed by atoms with E-state index in [1.165, 1.54) is 0 Å². The lowest BCUT2D eigenvalue weighted by molar-refractivity contribution is 0.0969. The van der Waals surface area contributed by atoms with E-state index in [0.717, 1.165) is 35.2 Å². The number of phenolic OH excluding ortho intramolecular Hbond substituents is 1. The highest BCUT2D eigenvalue weighted by Gasteiger charge is 2.27. The van der Waals surface area contributed by atoms with Crippen LogP contribution in [-0.2, 0) is 9.47 Å². The fourth-order valence-electron chi connectivity index (χ4n) is 3.74. The maximum Gasteiger partial charge on any atom is 0.407 e. The Morgan fingerprint density at radius 1 is 1.22 bits per heavy atom. The summed E-state index contributed by atoms with van der Waals surface area (Å²) < 4.78 is 10.0. The average molecular weight is 459 g/mol. The molecular formula is C23H27ClN4O4. The van der Waals surface area contributed by atoms with E-state index in [0.29, 0.717) is 24.5 Å². The number of ether oxygens (including phenoxy) is 2. The van der Waals surface area contributed by atoms with E-state index in [9.17, 15) is 9.90 Å². The molecule has 0 bridgehead atoms. The largest absolute Gasteiger partial charge is 0.507 e. The summed E-state index contributed by atoms with van der Waals surface area (Å²) in [6, 6.07) is 13.1. The highest BCUT2D eigenvalue weighted by Crippen LogP contribution is 2.33. The van der Waals surface area contributed by atoms with Crippen LogP contribution in [0.15, 0.2) is 42.5 Å². The minimum absolute atomic E-state index is 0. The molecule has 1 amide bonds. The second kappa shape index (κ2) is 10.5. The number of benzene rings is 2. The number of rotatable bonds is 6.